The van der Waals surface area contributed by atoms with Crippen LogP contribution in [0.2, 0.25) is 0 Å². The smallest absolute Gasteiger partial charge is 0 e. The van der Waals surface area contributed by atoms with Crippen molar-refractivity contribution in [2.24, 2.45) is 0 Å². The van der Waals surface area contributed by atoms with Crippen LogP contribution in [0.4, 0.5) is 0 Å². The van der Waals surface area contributed by atoms with Crippen LogP contribution in [0.3, 0.4) is 0 Å². The van der Waals surface area contributed by atoms with Crippen LogP contribution in [0, 0.1) is 22.3 Å². The van der Waals surface area contributed by atoms with E-state index in [1.807, 2.05) is 41.5 Å². The molecule has 0 atom stereocenters. The van der Waals surface area contributed by atoms with Crippen LogP contribution in [0.1, 0.15) is 41.5 Å². The zero-order valence-corrected chi connectivity index (χ0v) is 45.7. The van der Waals surface area contributed by atoms with Crippen molar-refractivity contribution in [1.82, 2.24) is 0 Å². The van der Waals surface area contributed by atoms with E-state index in [1.165, 1.54) is 86.2 Å². The molecular formula is C57H59Y3-3. The van der Waals surface area contributed by atoms with Gasteiger partial charge in [0.2, 0.25) is 0 Å². The maximum Gasteiger partial charge on any atom is 0 e. The normalized spacial score (nSPS) is 9.37. The fourth-order valence-electron chi connectivity index (χ4n) is 7.32. The molecule has 0 aliphatic rings. The van der Waals surface area contributed by atoms with Gasteiger partial charge in [-0.3, -0.25) is 0 Å². The maximum absolute atomic E-state index is 2.24. The van der Waals surface area contributed by atoms with E-state index in [0.717, 1.165) is 0 Å². The summed E-state index contributed by atoms with van der Waals surface area (Å²) in [6, 6.07) is 69.3. The van der Waals surface area contributed by atoms with Crippen LogP contribution >= 0.6 is 0 Å². The topological polar surface area (TPSA) is 0 Å². The number of rotatable bonds is 0. The van der Waals surface area contributed by atoms with Crippen molar-refractivity contribution in [2.75, 3.05) is 0 Å². The average Bonchev–Trinajstić information content (AvgIpc) is 3.27. The first-order valence-electron chi connectivity index (χ1n) is 19.6. The van der Waals surface area contributed by atoms with Crippen LogP contribution in [0.25, 0.3) is 86.2 Å². The second kappa shape index (κ2) is 28.6. The van der Waals surface area contributed by atoms with Gasteiger partial charge in [-0.05, 0) is 98.3 Å². The van der Waals surface area contributed by atoms with E-state index in [2.05, 4.69) is 194 Å². The molecule has 0 nitrogen and oxygen atoms in total. The van der Waals surface area contributed by atoms with E-state index in [0.29, 0.717) is 0 Å². The second-order valence-corrected chi connectivity index (χ2v) is 12.5. The number of hydrogen-bond acceptors (Lipinski definition) is 0. The minimum atomic E-state index is 0. The third-order valence-electron chi connectivity index (χ3n) is 9.66. The van der Waals surface area contributed by atoms with Gasteiger partial charge in [0.1, 0.15) is 0 Å². The minimum absolute atomic E-state index is 0. The fourth-order valence-corrected chi connectivity index (χ4v) is 7.32. The third-order valence-corrected chi connectivity index (χ3v) is 9.66. The molecule has 11 aromatic rings. The average molecular weight is 1010 g/mol. The Bertz CT molecular complexity index is 2600. The van der Waals surface area contributed by atoms with Crippen molar-refractivity contribution < 1.29 is 98.1 Å². The van der Waals surface area contributed by atoms with Crippen LogP contribution in [0.15, 0.2) is 194 Å². The molecular weight excluding hydrogens is 951 g/mol. The van der Waals surface area contributed by atoms with Gasteiger partial charge in [-0.25, -0.2) is 0 Å². The van der Waals surface area contributed by atoms with Crippen molar-refractivity contribution in [2.45, 2.75) is 41.5 Å². The molecule has 0 aliphatic carbocycles. The predicted octanol–water partition coefficient (Wildman–Crippen LogP) is 18.1. The Labute approximate surface area is 436 Å². The Balaban J connectivity index is 0.000000786. The molecule has 11 aromatic carbocycles. The Morgan fingerprint density at radius 2 is 0.417 bits per heavy atom. The number of fused-ring (bicyclic) bond motifs is 7. The van der Waals surface area contributed by atoms with Crippen molar-refractivity contribution in [3.05, 3.63) is 216 Å². The standard InChI is InChI=1S/C18H12.C16H10.C14H10.3C2H6.3CH3.3Y/c1-3-7-15-13(5-1)9-11-18-16-8-4-2-6-14(16)10-12-17(15)18;1-3-11-7-9-13-5-2-6-14-10-8-12(4-1)15(11)16(13)14;1-2-6-12-10-14-8-4-3-7-13(14)9-11(12)5-1;3*1-2;;;;;;/h1-12H;1-10H;1-10H;3*1-2H3;3*1H3;;;/q;;;;;;3*-1;;;. The summed E-state index contributed by atoms with van der Waals surface area (Å²) in [4.78, 5) is 0. The number of hydrogen-bond donors (Lipinski definition) is 0. The quantitative estimate of drug-likeness (QED) is 0.0807. The van der Waals surface area contributed by atoms with E-state index >= 15 is 0 Å². The summed E-state index contributed by atoms with van der Waals surface area (Å²) in [6.45, 7) is 12.0. The van der Waals surface area contributed by atoms with E-state index < -0.39 is 0 Å². The predicted molar refractivity (Wildman–Crippen MR) is 264 cm³/mol. The van der Waals surface area contributed by atoms with Gasteiger partial charge in [-0.15, -0.1) is 0 Å². The summed E-state index contributed by atoms with van der Waals surface area (Å²) in [7, 11) is 0. The van der Waals surface area contributed by atoms with Crippen molar-refractivity contribution >= 4 is 86.2 Å². The molecule has 60 heavy (non-hydrogen) atoms. The van der Waals surface area contributed by atoms with Gasteiger partial charge in [0, 0.05) is 98.1 Å². The van der Waals surface area contributed by atoms with Gasteiger partial charge in [-0.1, -0.05) is 224 Å². The molecule has 0 fully saturated rings. The number of benzene rings is 11. The molecule has 0 heterocycles. The molecule has 0 aromatic heterocycles. The molecule has 0 saturated heterocycles. The molecule has 0 aliphatic heterocycles. The van der Waals surface area contributed by atoms with Gasteiger partial charge in [0.25, 0.3) is 0 Å². The van der Waals surface area contributed by atoms with Crippen LogP contribution in [-0.4, -0.2) is 0 Å². The summed E-state index contributed by atoms with van der Waals surface area (Å²) < 4.78 is 0. The molecule has 11 rings (SSSR count). The zero-order valence-electron chi connectivity index (χ0n) is 37.2. The fraction of sp³-hybridized carbons (Fsp3) is 0.105. The van der Waals surface area contributed by atoms with E-state index in [4.69, 9.17) is 0 Å². The van der Waals surface area contributed by atoms with Crippen molar-refractivity contribution in [3.8, 4) is 0 Å². The van der Waals surface area contributed by atoms with Gasteiger partial charge in [0.15, 0.2) is 0 Å². The SMILES string of the molecule is CC.CC.CC.[CH3-].[CH3-].[CH3-].[Y].[Y].[Y].c1cc2ccc3cccc4ccc(c1)c2c34.c1ccc2c(c1)ccc1c3ccccc3ccc21.c1ccc2cc3ccccc3cc2c1. The van der Waals surface area contributed by atoms with Gasteiger partial charge < -0.3 is 22.3 Å². The first kappa shape index (κ1) is 57.1. The molecule has 0 saturated carbocycles. The first-order valence-corrected chi connectivity index (χ1v) is 19.6. The summed E-state index contributed by atoms with van der Waals surface area (Å²) in [5.74, 6) is 0. The molecule has 3 radical (unpaired) electrons. The zero-order chi connectivity index (χ0) is 37.9. The molecule has 0 unspecified atom stereocenters. The molecule has 299 valence electrons. The first-order chi connectivity index (χ1) is 26.8. The Morgan fingerprint density at radius 1 is 0.200 bits per heavy atom. The van der Waals surface area contributed by atoms with E-state index in [9.17, 15) is 0 Å². The summed E-state index contributed by atoms with van der Waals surface area (Å²) in [6.07, 6.45) is 0. The largest absolute Gasteiger partial charge is 0.358 e. The van der Waals surface area contributed by atoms with E-state index in [1.54, 1.807) is 0 Å². The van der Waals surface area contributed by atoms with Crippen LogP contribution in [-0.2, 0) is 98.1 Å². The summed E-state index contributed by atoms with van der Waals surface area (Å²) >= 11 is 0. The molecule has 0 N–H and O–H groups in total. The van der Waals surface area contributed by atoms with Crippen LogP contribution in [0.5, 0.6) is 0 Å². The van der Waals surface area contributed by atoms with Gasteiger partial charge in [0.05, 0.1) is 0 Å². The summed E-state index contributed by atoms with van der Waals surface area (Å²) in [5, 5.41) is 21.3. The minimum Gasteiger partial charge on any atom is -0.358 e. The maximum atomic E-state index is 2.24. The van der Waals surface area contributed by atoms with E-state index in [-0.39, 0.29) is 120 Å². The summed E-state index contributed by atoms with van der Waals surface area (Å²) in [5.41, 5.74) is 0. The Morgan fingerprint density at radius 3 is 0.700 bits per heavy atom. The Hall–Kier alpha value is -2.93. The second-order valence-electron chi connectivity index (χ2n) is 12.5. The molecule has 0 spiro atoms. The van der Waals surface area contributed by atoms with Gasteiger partial charge in [-0.2, -0.15) is 0 Å². The molecule has 3 heteroatoms. The van der Waals surface area contributed by atoms with Gasteiger partial charge >= 0.3 is 0 Å². The van der Waals surface area contributed by atoms with Crippen molar-refractivity contribution in [3.63, 3.8) is 0 Å². The van der Waals surface area contributed by atoms with Crippen LogP contribution < -0.4 is 0 Å². The third kappa shape index (κ3) is 12.6. The Kier molecular flexibility index (Phi) is 27.2. The monoisotopic (exact) mass is 1010 g/mol. The van der Waals surface area contributed by atoms with Crippen molar-refractivity contribution in [1.29, 1.82) is 0 Å². The molecule has 0 amide bonds. The molecule has 0 bridgehead atoms.